The molecule has 0 aliphatic heterocycles. The molecule has 1 rings (SSSR count). The minimum atomic E-state index is -0.613. The highest BCUT2D eigenvalue weighted by Crippen LogP contribution is 2.40. The van der Waals surface area contributed by atoms with E-state index in [0.717, 1.165) is 0 Å². The zero-order valence-corrected chi connectivity index (χ0v) is 11.2. The average molecular weight is 254 g/mol. The number of phenolic OH excluding ortho intramolecular Hbond substituents is 1. The Labute approximate surface area is 106 Å². The van der Waals surface area contributed by atoms with Crippen LogP contribution in [0.1, 0.15) is 20.8 Å². The van der Waals surface area contributed by atoms with Crippen LogP contribution in [0.3, 0.4) is 0 Å². The average Bonchev–Trinajstić information content (AvgIpc) is 2.29. The predicted molar refractivity (Wildman–Crippen MR) is 66.3 cm³/mol. The van der Waals surface area contributed by atoms with Crippen LogP contribution in [0.15, 0.2) is 12.1 Å². The van der Waals surface area contributed by atoms with E-state index in [1.165, 1.54) is 26.4 Å². The van der Waals surface area contributed by atoms with Crippen LogP contribution in [0, 0.1) is 5.41 Å². The van der Waals surface area contributed by atoms with E-state index in [-0.39, 0.29) is 29.0 Å². The van der Waals surface area contributed by atoms with Crippen molar-refractivity contribution >= 4 is 5.97 Å². The Kier molecular flexibility index (Phi) is 4.06. The van der Waals surface area contributed by atoms with Gasteiger partial charge in [-0.3, -0.25) is 4.79 Å². The Morgan fingerprint density at radius 2 is 1.56 bits per heavy atom. The molecule has 0 saturated carbocycles. The van der Waals surface area contributed by atoms with Gasteiger partial charge in [0, 0.05) is 12.1 Å². The lowest BCUT2D eigenvalue weighted by atomic mass is 9.97. The molecule has 18 heavy (non-hydrogen) atoms. The van der Waals surface area contributed by atoms with Crippen LogP contribution in [0.4, 0.5) is 0 Å². The Hall–Kier alpha value is -1.91. The fraction of sp³-hybridized carbons (Fsp3) is 0.462. The molecule has 0 saturated heterocycles. The summed E-state index contributed by atoms with van der Waals surface area (Å²) >= 11 is 0. The second-order valence-electron chi connectivity index (χ2n) is 4.82. The van der Waals surface area contributed by atoms with Gasteiger partial charge in [-0.2, -0.15) is 0 Å². The van der Waals surface area contributed by atoms with Crippen LogP contribution in [0.25, 0.3) is 0 Å². The zero-order valence-electron chi connectivity index (χ0n) is 11.2. The minimum Gasteiger partial charge on any atom is -0.502 e. The molecule has 0 fully saturated rings. The first-order valence-corrected chi connectivity index (χ1v) is 5.47. The summed E-state index contributed by atoms with van der Waals surface area (Å²) in [6.45, 7) is 5.26. The number of carbonyl (C=O) groups is 1. The maximum Gasteiger partial charge on any atom is 0.316 e. The molecule has 0 amide bonds. The van der Waals surface area contributed by atoms with Crippen molar-refractivity contribution < 1.29 is 24.1 Å². The maximum absolute atomic E-state index is 11.8. The number of ether oxygens (including phenoxy) is 3. The maximum atomic E-state index is 11.8. The molecule has 1 aromatic rings. The van der Waals surface area contributed by atoms with Gasteiger partial charge in [0.15, 0.2) is 11.5 Å². The smallest absolute Gasteiger partial charge is 0.316 e. The standard InChI is InChI=1S/C13H18O5/c1-13(2,3)12(15)18-8-6-9(16-4)11(14)10(7-8)17-5/h6-7,14H,1-5H3. The Bertz CT molecular complexity index is 420. The summed E-state index contributed by atoms with van der Waals surface area (Å²) in [6, 6.07) is 2.86. The van der Waals surface area contributed by atoms with E-state index >= 15 is 0 Å². The number of aromatic hydroxyl groups is 1. The molecule has 0 heterocycles. The molecule has 5 nitrogen and oxygen atoms in total. The number of carbonyl (C=O) groups excluding carboxylic acids is 1. The number of rotatable bonds is 3. The third kappa shape index (κ3) is 3.06. The summed E-state index contributed by atoms with van der Waals surface area (Å²) in [4.78, 5) is 11.8. The van der Waals surface area contributed by atoms with Gasteiger partial charge in [0.1, 0.15) is 5.75 Å². The van der Waals surface area contributed by atoms with Crippen molar-refractivity contribution in [3.63, 3.8) is 0 Å². The van der Waals surface area contributed by atoms with Gasteiger partial charge in [-0.1, -0.05) is 0 Å². The van der Waals surface area contributed by atoms with Gasteiger partial charge in [0.25, 0.3) is 0 Å². The van der Waals surface area contributed by atoms with Gasteiger partial charge < -0.3 is 19.3 Å². The van der Waals surface area contributed by atoms with Crippen LogP contribution in [0.5, 0.6) is 23.0 Å². The summed E-state index contributed by atoms with van der Waals surface area (Å²) in [5.74, 6) is 0.131. The second kappa shape index (κ2) is 5.16. The van der Waals surface area contributed by atoms with Crippen LogP contribution >= 0.6 is 0 Å². The number of benzene rings is 1. The summed E-state index contributed by atoms with van der Waals surface area (Å²) in [7, 11) is 2.81. The Morgan fingerprint density at radius 3 is 1.89 bits per heavy atom. The molecule has 0 aromatic heterocycles. The fourth-order valence-corrected chi connectivity index (χ4v) is 1.19. The first-order valence-electron chi connectivity index (χ1n) is 5.47. The molecule has 1 aromatic carbocycles. The van der Waals surface area contributed by atoms with Crippen molar-refractivity contribution in [3.05, 3.63) is 12.1 Å². The number of methoxy groups -OCH3 is 2. The molecule has 0 aliphatic rings. The molecule has 0 bridgehead atoms. The van der Waals surface area contributed by atoms with Gasteiger partial charge in [0.05, 0.1) is 19.6 Å². The fourth-order valence-electron chi connectivity index (χ4n) is 1.19. The van der Waals surface area contributed by atoms with E-state index < -0.39 is 5.41 Å². The second-order valence-corrected chi connectivity index (χ2v) is 4.82. The zero-order chi connectivity index (χ0) is 13.9. The summed E-state index contributed by atoms with van der Waals surface area (Å²) in [6.07, 6.45) is 0. The van der Waals surface area contributed by atoms with E-state index in [4.69, 9.17) is 14.2 Å². The third-order valence-electron chi connectivity index (χ3n) is 2.28. The summed E-state index contributed by atoms with van der Waals surface area (Å²) < 4.78 is 15.2. The normalized spacial score (nSPS) is 10.9. The summed E-state index contributed by atoms with van der Waals surface area (Å²) in [5.41, 5.74) is -0.613. The van der Waals surface area contributed by atoms with E-state index in [1.54, 1.807) is 20.8 Å². The highest BCUT2D eigenvalue weighted by atomic mass is 16.5. The minimum absolute atomic E-state index is 0.129. The number of phenols is 1. The molecular weight excluding hydrogens is 236 g/mol. The lowest BCUT2D eigenvalue weighted by molar-refractivity contribution is -0.143. The van der Waals surface area contributed by atoms with Gasteiger partial charge in [0.2, 0.25) is 5.75 Å². The van der Waals surface area contributed by atoms with Crippen molar-refractivity contribution in [3.8, 4) is 23.0 Å². The molecule has 0 unspecified atom stereocenters. The van der Waals surface area contributed by atoms with E-state index in [2.05, 4.69) is 0 Å². The molecule has 0 radical (unpaired) electrons. The molecular formula is C13H18O5. The van der Waals surface area contributed by atoms with Crippen molar-refractivity contribution in [2.75, 3.05) is 14.2 Å². The highest BCUT2D eigenvalue weighted by molar-refractivity contribution is 5.78. The van der Waals surface area contributed by atoms with Crippen LogP contribution in [0.2, 0.25) is 0 Å². The SMILES string of the molecule is COc1cc(OC(=O)C(C)(C)C)cc(OC)c1O. The first-order chi connectivity index (χ1) is 8.29. The third-order valence-corrected chi connectivity index (χ3v) is 2.28. The molecule has 1 N–H and O–H groups in total. The van der Waals surface area contributed by atoms with Gasteiger partial charge >= 0.3 is 5.97 Å². The van der Waals surface area contributed by atoms with E-state index in [9.17, 15) is 9.90 Å². The van der Waals surface area contributed by atoms with Crippen LogP contribution in [-0.2, 0) is 4.79 Å². The number of hydrogen-bond donors (Lipinski definition) is 1. The van der Waals surface area contributed by atoms with Crippen molar-refractivity contribution in [1.82, 2.24) is 0 Å². The molecule has 5 heteroatoms. The Morgan fingerprint density at radius 1 is 1.11 bits per heavy atom. The lowest BCUT2D eigenvalue weighted by Crippen LogP contribution is -2.25. The monoisotopic (exact) mass is 254 g/mol. The van der Waals surface area contributed by atoms with Crippen molar-refractivity contribution in [2.45, 2.75) is 20.8 Å². The van der Waals surface area contributed by atoms with Gasteiger partial charge in [-0.15, -0.1) is 0 Å². The first kappa shape index (κ1) is 14.2. The summed E-state index contributed by atoms with van der Waals surface area (Å²) in [5, 5.41) is 9.72. The van der Waals surface area contributed by atoms with Crippen LogP contribution < -0.4 is 14.2 Å². The molecule has 0 spiro atoms. The van der Waals surface area contributed by atoms with E-state index in [1.807, 2.05) is 0 Å². The lowest BCUT2D eigenvalue weighted by Gasteiger charge is -2.17. The number of hydrogen-bond acceptors (Lipinski definition) is 5. The van der Waals surface area contributed by atoms with Crippen molar-refractivity contribution in [2.24, 2.45) is 5.41 Å². The van der Waals surface area contributed by atoms with Crippen molar-refractivity contribution in [1.29, 1.82) is 0 Å². The topological polar surface area (TPSA) is 65.0 Å². The van der Waals surface area contributed by atoms with Gasteiger partial charge in [-0.05, 0) is 20.8 Å². The Balaban J connectivity index is 3.07. The van der Waals surface area contributed by atoms with Crippen LogP contribution in [-0.4, -0.2) is 25.3 Å². The molecule has 100 valence electrons. The quantitative estimate of drug-likeness (QED) is 0.662. The highest BCUT2D eigenvalue weighted by Gasteiger charge is 2.24. The van der Waals surface area contributed by atoms with E-state index in [0.29, 0.717) is 0 Å². The van der Waals surface area contributed by atoms with Gasteiger partial charge in [-0.25, -0.2) is 0 Å². The predicted octanol–water partition coefficient (Wildman–Crippen LogP) is 2.36. The largest absolute Gasteiger partial charge is 0.502 e. The molecule has 0 atom stereocenters. The number of esters is 1. The molecule has 0 aliphatic carbocycles.